The molecule has 0 radical (unpaired) electrons. The summed E-state index contributed by atoms with van der Waals surface area (Å²) in [5, 5.41) is 8.19. The highest BCUT2D eigenvalue weighted by Gasteiger charge is 2.31. The van der Waals surface area contributed by atoms with E-state index in [0.29, 0.717) is 28.9 Å². The van der Waals surface area contributed by atoms with Crippen LogP contribution in [-0.2, 0) is 4.79 Å². The number of hydrogen-bond donors (Lipinski definition) is 1. The van der Waals surface area contributed by atoms with Crippen LogP contribution in [-0.4, -0.2) is 41.5 Å². The molecule has 33 heavy (non-hydrogen) atoms. The number of nitrogens with one attached hydrogen (secondary N) is 1. The number of fused-ring (bicyclic) bond motifs is 2. The number of nitrogens with zero attached hydrogens (tertiary/aromatic N) is 3. The predicted molar refractivity (Wildman–Crippen MR) is 126 cm³/mol. The number of amides is 1. The Bertz CT molecular complexity index is 1400. The summed E-state index contributed by atoms with van der Waals surface area (Å²) in [6.07, 6.45) is 7.37. The van der Waals surface area contributed by atoms with Gasteiger partial charge in [-0.2, -0.15) is 9.78 Å². The fraction of sp³-hybridized carbons (Fsp3) is 0.208. The topological polar surface area (TPSA) is 87.5 Å². The molecule has 0 aliphatic carbocycles. The molecule has 9 heteroatoms. The lowest BCUT2D eigenvalue weighted by molar-refractivity contribution is -0.116. The summed E-state index contributed by atoms with van der Waals surface area (Å²) in [5.74, 6) is 4.66. The van der Waals surface area contributed by atoms with Crippen molar-refractivity contribution < 1.29 is 19.0 Å². The maximum atomic E-state index is 12.6. The van der Waals surface area contributed by atoms with Crippen molar-refractivity contribution in [1.82, 2.24) is 14.8 Å². The van der Waals surface area contributed by atoms with Crippen molar-refractivity contribution in [2.24, 2.45) is 0 Å². The minimum atomic E-state index is -0.187. The van der Waals surface area contributed by atoms with Gasteiger partial charge in [-0.15, -0.1) is 6.42 Å². The maximum absolute atomic E-state index is 12.6. The van der Waals surface area contributed by atoms with Gasteiger partial charge in [-0.05, 0) is 35.9 Å². The van der Waals surface area contributed by atoms with Crippen LogP contribution in [0.5, 0.6) is 17.2 Å². The molecule has 0 saturated carbocycles. The number of methoxy groups -OCH3 is 2. The SMILES string of the molecule is C#CCOc1ccc([C@@H]2CC(=O)Nc3c2cnn3-c2nc3ccc(OC)cc3s2)cc1OC. The van der Waals surface area contributed by atoms with Crippen molar-refractivity contribution in [3.63, 3.8) is 0 Å². The molecule has 0 unspecified atom stereocenters. The van der Waals surface area contributed by atoms with Crippen LogP contribution in [0.25, 0.3) is 15.3 Å². The van der Waals surface area contributed by atoms with E-state index in [1.54, 1.807) is 25.1 Å². The number of carbonyl (C=O) groups excluding carboxylic acids is 1. The molecule has 2 aromatic carbocycles. The van der Waals surface area contributed by atoms with Crippen molar-refractivity contribution in [2.75, 3.05) is 26.1 Å². The summed E-state index contributed by atoms with van der Waals surface area (Å²) in [7, 11) is 3.20. The second kappa shape index (κ2) is 8.48. The Balaban J connectivity index is 1.54. The molecule has 8 nitrogen and oxygen atoms in total. The third-order valence-corrected chi connectivity index (χ3v) is 6.48. The monoisotopic (exact) mass is 460 g/mol. The normalized spacial score (nSPS) is 14.9. The molecule has 5 rings (SSSR count). The molecule has 4 aromatic rings. The Morgan fingerprint density at radius 3 is 2.88 bits per heavy atom. The molecule has 1 aliphatic heterocycles. The summed E-state index contributed by atoms with van der Waals surface area (Å²) in [5.41, 5.74) is 2.67. The number of terminal acetylenes is 1. The average Bonchev–Trinajstić information content (AvgIpc) is 3.45. The Kier molecular flexibility index (Phi) is 5.36. The van der Waals surface area contributed by atoms with Gasteiger partial charge in [-0.1, -0.05) is 23.3 Å². The highest BCUT2D eigenvalue weighted by Crippen LogP contribution is 2.41. The third-order valence-electron chi connectivity index (χ3n) is 5.49. The lowest BCUT2D eigenvalue weighted by atomic mass is 9.87. The molecule has 1 atom stereocenters. The van der Waals surface area contributed by atoms with Gasteiger partial charge in [-0.3, -0.25) is 4.79 Å². The van der Waals surface area contributed by atoms with E-state index in [1.165, 1.54) is 11.3 Å². The lowest BCUT2D eigenvalue weighted by Gasteiger charge is -2.24. The number of thiazole rings is 1. The first kappa shape index (κ1) is 20.8. The average molecular weight is 461 g/mol. The lowest BCUT2D eigenvalue weighted by Crippen LogP contribution is -2.24. The summed E-state index contributed by atoms with van der Waals surface area (Å²) in [6.45, 7) is 0.145. The van der Waals surface area contributed by atoms with Crippen molar-refractivity contribution in [1.29, 1.82) is 0 Å². The van der Waals surface area contributed by atoms with Crippen LogP contribution in [0.3, 0.4) is 0 Å². The molecular weight excluding hydrogens is 440 g/mol. The highest BCUT2D eigenvalue weighted by molar-refractivity contribution is 7.20. The Morgan fingerprint density at radius 1 is 1.21 bits per heavy atom. The summed E-state index contributed by atoms with van der Waals surface area (Å²) in [6, 6.07) is 11.3. The molecule has 3 heterocycles. The van der Waals surface area contributed by atoms with Crippen LogP contribution in [0.2, 0.25) is 0 Å². The molecule has 2 aromatic heterocycles. The van der Waals surface area contributed by atoms with Crippen LogP contribution in [0.15, 0.2) is 42.6 Å². The zero-order valence-corrected chi connectivity index (χ0v) is 18.8. The van der Waals surface area contributed by atoms with Crippen LogP contribution in [0.4, 0.5) is 5.82 Å². The van der Waals surface area contributed by atoms with E-state index in [4.69, 9.17) is 20.6 Å². The van der Waals surface area contributed by atoms with Crippen LogP contribution < -0.4 is 19.5 Å². The van der Waals surface area contributed by atoms with Gasteiger partial charge >= 0.3 is 0 Å². The Labute approximate surface area is 194 Å². The van der Waals surface area contributed by atoms with E-state index >= 15 is 0 Å². The van der Waals surface area contributed by atoms with E-state index < -0.39 is 0 Å². The summed E-state index contributed by atoms with van der Waals surface area (Å²) in [4.78, 5) is 17.3. The van der Waals surface area contributed by atoms with Gasteiger partial charge in [0.25, 0.3) is 0 Å². The van der Waals surface area contributed by atoms with Gasteiger partial charge in [-0.25, -0.2) is 4.98 Å². The highest BCUT2D eigenvalue weighted by atomic mass is 32.1. The van der Waals surface area contributed by atoms with Crippen molar-refractivity contribution in [3.8, 4) is 34.7 Å². The molecule has 1 N–H and O–H groups in total. The molecule has 0 bridgehead atoms. The molecule has 1 aliphatic rings. The quantitative estimate of drug-likeness (QED) is 0.438. The first-order valence-electron chi connectivity index (χ1n) is 10.2. The van der Waals surface area contributed by atoms with E-state index in [-0.39, 0.29) is 18.4 Å². The molecule has 0 saturated heterocycles. The number of aromatic nitrogens is 3. The zero-order chi connectivity index (χ0) is 22.9. The van der Waals surface area contributed by atoms with Crippen molar-refractivity contribution >= 4 is 33.3 Å². The zero-order valence-electron chi connectivity index (χ0n) is 18.0. The van der Waals surface area contributed by atoms with Gasteiger partial charge in [0, 0.05) is 17.9 Å². The third kappa shape index (κ3) is 3.75. The van der Waals surface area contributed by atoms with Crippen molar-refractivity contribution in [2.45, 2.75) is 12.3 Å². The van der Waals surface area contributed by atoms with E-state index in [2.05, 4.69) is 21.3 Å². The van der Waals surface area contributed by atoms with Crippen LogP contribution in [0.1, 0.15) is 23.5 Å². The van der Waals surface area contributed by atoms with Crippen LogP contribution >= 0.6 is 11.3 Å². The van der Waals surface area contributed by atoms with E-state index in [0.717, 1.165) is 27.1 Å². The van der Waals surface area contributed by atoms with Crippen LogP contribution in [0, 0.1) is 12.3 Å². The minimum Gasteiger partial charge on any atom is -0.497 e. The predicted octanol–water partition coefficient (Wildman–Crippen LogP) is 3.99. The molecular formula is C24H20N4O4S. The maximum Gasteiger partial charge on any atom is 0.226 e. The van der Waals surface area contributed by atoms with Gasteiger partial charge in [0.2, 0.25) is 11.0 Å². The fourth-order valence-electron chi connectivity index (χ4n) is 3.91. The molecule has 0 fully saturated rings. The summed E-state index contributed by atoms with van der Waals surface area (Å²) >= 11 is 1.48. The summed E-state index contributed by atoms with van der Waals surface area (Å²) < 4.78 is 19.0. The van der Waals surface area contributed by atoms with E-state index in [1.807, 2.05) is 36.4 Å². The first-order chi connectivity index (χ1) is 16.1. The second-order valence-electron chi connectivity index (χ2n) is 7.40. The number of anilines is 1. The Hall–Kier alpha value is -4.03. The fourth-order valence-corrected chi connectivity index (χ4v) is 4.87. The Morgan fingerprint density at radius 2 is 2.09 bits per heavy atom. The molecule has 1 amide bonds. The smallest absolute Gasteiger partial charge is 0.226 e. The minimum absolute atomic E-state index is 0.0938. The second-order valence-corrected chi connectivity index (χ2v) is 8.41. The number of benzene rings is 2. The van der Waals surface area contributed by atoms with E-state index in [9.17, 15) is 4.79 Å². The number of carbonyl (C=O) groups is 1. The number of rotatable bonds is 6. The first-order valence-corrected chi connectivity index (χ1v) is 11.0. The van der Waals surface area contributed by atoms with Gasteiger partial charge in [0.1, 0.15) is 18.2 Å². The standard InChI is InChI=1S/C24H20N4O4S/c1-4-9-32-19-8-5-14(10-20(19)31-3)16-12-22(29)27-23-17(16)13-25-28(23)24-26-18-7-6-15(30-2)11-21(18)33-24/h1,5-8,10-11,13,16H,9,12H2,2-3H3,(H,27,29)/t16-/m0/s1. The van der Waals surface area contributed by atoms with Gasteiger partial charge < -0.3 is 19.5 Å². The molecule has 0 spiro atoms. The molecule has 166 valence electrons. The largest absolute Gasteiger partial charge is 0.497 e. The van der Waals surface area contributed by atoms with Gasteiger partial charge in [0.05, 0.1) is 30.6 Å². The van der Waals surface area contributed by atoms with Crippen molar-refractivity contribution in [3.05, 3.63) is 53.7 Å². The number of ether oxygens (including phenoxy) is 3. The number of hydrogen-bond acceptors (Lipinski definition) is 7. The van der Waals surface area contributed by atoms with Gasteiger partial charge in [0.15, 0.2) is 11.5 Å².